The maximum absolute atomic E-state index is 13.6. The molecule has 13 heteroatoms. The highest BCUT2D eigenvalue weighted by Gasteiger charge is 2.30. The van der Waals surface area contributed by atoms with Crippen LogP contribution in [0.4, 0.5) is 5.69 Å². The van der Waals surface area contributed by atoms with Crippen LogP contribution in [0.15, 0.2) is 61.1 Å². The van der Waals surface area contributed by atoms with Crippen molar-refractivity contribution < 1.29 is 19.1 Å². The fraction of sp³-hybridized carbons (Fsp3) is 0.421. The summed E-state index contributed by atoms with van der Waals surface area (Å²) in [6.07, 6.45) is 10.4. The molecule has 0 bridgehead atoms. The maximum Gasteiger partial charge on any atom is 0.255 e. The number of rotatable bonds is 8. The van der Waals surface area contributed by atoms with Crippen LogP contribution in [0.3, 0.4) is 0 Å². The first-order valence-electron chi connectivity index (χ1n) is 17.9. The van der Waals surface area contributed by atoms with Gasteiger partial charge in [-0.3, -0.25) is 24.6 Å². The number of imidazole rings is 1. The van der Waals surface area contributed by atoms with E-state index in [0.717, 1.165) is 80.6 Å². The fourth-order valence-corrected chi connectivity index (χ4v) is 8.03. The fourth-order valence-electron chi connectivity index (χ4n) is 8.03. The Balaban J connectivity index is 0.830. The predicted molar refractivity (Wildman–Crippen MR) is 192 cm³/mol. The lowest BCUT2D eigenvalue weighted by Crippen LogP contribution is -2.48. The summed E-state index contributed by atoms with van der Waals surface area (Å²) in [6, 6.07) is 13.9. The third-order valence-corrected chi connectivity index (χ3v) is 10.9. The van der Waals surface area contributed by atoms with Crippen LogP contribution in [0.25, 0.3) is 22.4 Å². The van der Waals surface area contributed by atoms with Gasteiger partial charge >= 0.3 is 0 Å². The highest BCUT2D eigenvalue weighted by atomic mass is 16.5. The van der Waals surface area contributed by atoms with Gasteiger partial charge in [-0.05, 0) is 86.4 Å². The summed E-state index contributed by atoms with van der Waals surface area (Å²) in [7, 11) is 1.58. The molecule has 2 aromatic carbocycles. The number of nitrogens with zero attached hydrogens (tertiary/aromatic N) is 7. The molecule has 0 radical (unpaired) electrons. The summed E-state index contributed by atoms with van der Waals surface area (Å²) < 4.78 is 9.09. The van der Waals surface area contributed by atoms with E-state index in [-0.39, 0.29) is 29.7 Å². The van der Waals surface area contributed by atoms with E-state index in [0.29, 0.717) is 41.4 Å². The largest absolute Gasteiger partial charge is 0.496 e. The van der Waals surface area contributed by atoms with Crippen molar-refractivity contribution in [1.82, 2.24) is 39.9 Å². The van der Waals surface area contributed by atoms with Gasteiger partial charge < -0.3 is 15.0 Å². The maximum atomic E-state index is 13.6. The van der Waals surface area contributed by atoms with Crippen LogP contribution < -0.4 is 20.3 Å². The SMILES string of the molecule is COc1cc2nn(-c3cnc4cccnn34)cc2cc1C(=O)NC1CCC(CN2CCN(c3ccc(C4CCC(=O)NC4=O)c(C)c3)CC2)CC1. The first-order valence-corrected chi connectivity index (χ1v) is 17.9. The highest BCUT2D eigenvalue weighted by Crippen LogP contribution is 2.32. The van der Waals surface area contributed by atoms with Gasteiger partial charge in [0.05, 0.1) is 30.3 Å². The van der Waals surface area contributed by atoms with Crippen molar-refractivity contribution in [3.05, 3.63) is 77.7 Å². The number of amides is 3. The van der Waals surface area contributed by atoms with E-state index in [9.17, 15) is 14.4 Å². The van der Waals surface area contributed by atoms with Gasteiger partial charge in [-0.2, -0.15) is 14.7 Å². The number of piperidine rings is 1. The zero-order chi connectivity index (χ0) is 35.1. The number of aromatic nitrogens is 5. The van der Waals surface area contributed by atoms with Crippen molar-refractivity contribution in [2.75, 3.05) is 44.7 Å². The van der Waals surface area contributed by atoms with Gasteiger partial charge in [-0.15, -0.1) is 0 Å². The number of anilines is 1. The van der Waals surface area contributed by atoms with Gasteiger partial charge in [-0.1, -0.05) is 6.07 Å². The van der Waals surface area contributed by atoms with Crippen LogP contribution in [0.2, 0.25) is 0 Å². The molecule has 2 aliphatic heterocycles. The number of methoxy groups -OCH3 is 1. The van der Waals surface area contributed by atoms with Crippen LogP contribution in [-0.4, -0.2) is 92.9 Å². The van der Waals surface area contributed by atoms with E-state index < -0.39 is 0 Å². The zero-order valence-electron chi connectivity index (χ0n) is 29.0. The molecule has 264 valence electrons. The molecule has 3 aliphatic rings. The van der Waals surface area contributed by atoms with E-state index in [2.05, 4.69) is 55.6 Å². The van der Waals surface area contributed by atoms with Crippen molar-refractivity contribution >= 4 is 40.0 Å². The number of imide groups is 1. The van der Waals surface area contributed by atoms with E-state index in [1.165, 1.54) is 5.69 Å². The summed E-state index contributed by atoms with van der Waals surface area (Å²) in [5.41, 5.74) is 5.24. The van der Waals surface area contributed by atoms with Crippen LogP contribution >= 0.6 is 0 Å². The van der Waals surface area contributed by atoms with E-state index >= 15 is 0 Å². The molecule has 3 aromatic heterocycles. The average molecular weight is 690 g/mol. The number of hydrogen-bond acceptors (Lipinski definition) is 9. The Labute approximate surface area is 295 Å². The number of fused-ring (bicyclic) bond motifs is 2. The van der Waals surface area contributed by atoms with Crippen LogP contribution in [0, 0.1) is 12.8 Å². The second kappa shape index (κ2) is 13.8. The molecular formula is C38H43N9O4. The smallest absolute Gasteiger partial charge is 0.255 e. The van der Waals surface area contributed by atoms with Gasteiger partial charge in [0.15, 0.2) is 11.5 Å². The van der Waals surface area contributed by atoms with Crippen LogP contribution in [-0.2, 0) is 9.59 Å². The zero-order valence-corrected chi connectivity index (χ0v) is 29.0. The molecule has 13 nitrogen and oxygen atoms in total. The lowest BCUT2D eigenvalue weighted by atomic mass is 9.85. The van der Waals surface area contributed by atoms with Gasteiger partial charge in [0, 0.05) is 74.7 Å². The summed E-state index contributed by atoms with van der Waals surface area (Å²) in [6.45, 7) is 7.09. The summed E-state index contributed by atoms with van der Waals surface area (Å²) in [5, 5.41) is 15.7. The Kier molecular flexibility index (Phi) is 8.89. The molecule has 1 saturated carbocycles. The second-order valence-electron chi connectivity index (χ2n) is 14.1. The Hall–Kier alpha value is -5.30. The molecule has 1 unspecified atom stereocenters. The lowest BCUT2D eigenvalue weighted by molar-refractivity contribution is -0.134. The third-order valence-electron chi connectivity index (χ3n) is 10.9. The number of carbonyl (C=O) groups excluding carboxylic acids is 3. The molecule has 2 saturated heterocycles. The predicted octanol–water partition coefficient (Wildman–Crippen LogP) is 4.02. The molecule has 3 fully saturated rings. The third kappa shape index (κ3) is 6.65. The number of carbonyl (C=O) groups is 3. The summed E-state index contributed by atoms with van der Waals surface area (Å²) in [5.74, 6) is 1.07. The number of aryl methyl sites for hydroxylation is 1. The minimum absolute atomic E-state index is 0.127. The number of ether oxygens (including phenoxy) is 1. The quantitative estimate of drug-likeness (QED) is 0.232. The summed E-state index contributed by atoms with van der Waals surface area (Å²) in [4.78, 5) is 47.0. The van der Waals surface area contributed by atoms with Crippen molar-refractivity contribution in [2.24, 2.45) is 5.92 Å². The monoisotopic (exact) mass is 689 g/mol. The standard InChI is InChI=1S/C38H43N9O4/c1-24-18-28(9-10-29(24)30-11-12-35(48)42-37(30)49)45-16-14-44(15-17-45)22-25-5-7-27(8-6-25)41-38(50)31-19-26-23-46(43-32(26)20-33(31)51-2)36-21-39-34-4-3-13-40-47(34)36/h3-4,9-10,13,18-21,23,25,27,30H,5-8,11-12,14-17,22H2,1-2H3,(H,41,50)(H,42,48,49). The minimum atomic E-state index is -0.256. The van der Waals surface area contributed by atoms with Gasteiger partial charge in [0.1, 0.15) is 5.75 Å². The lowest BCUT2D eigenvalue weighted by Gasteiger charge is -2.39. The molecule has 5 aromatic rings. The van der Waals surface area contributed by atoms with Crippen molar-refractivity contribution in [3.8, 4) is 11.6 Å². The Morgan fingerprint density at radius 2 is 1.84 bits per heavy atom. The van der Waals surface area contributed by atoms with Crippen molar-refractivity contribution in [1.29, 1.82) is 0 Å². The summed E-state index contributed by atoms with van der Waals surface area (Å²) >= 11 is 0. The number of piperazine rings is 1. The first-order chi connectivity index (χ1) is 24.8. The second-order valence-corrected chi connectivity index (χ2v) is 14.1. The topological polar surface area (TPSA) is 139 Å². The Bertz CT molecular complexity index is 2110. The molecule has 2 N–H and O–H groups in total. The highest BCUT2D eigenvalue weighted by molar-refractivity contribution is 6.02. The normalized spacial score (nSPS) is 21.6. The number of nitrogens with one attached hydrogen (secondary N) is 2. The van der Waals surface area contributed by atoms with Gasteiger partial charge in [-0.25, -0.2) is 9.67 Å². The number of benzene rings is 2. The Morgan fingerprint density at radius 1 is 1.02 bits per heavy atom. The first kappa shape index (κ1) is 32.9. The molecule has 3 amide bonds. The molecule has 0 spiro atoms. The van der Waals surface area contributed by atoms with E-state index in [1.54, 1.807) is 28.7 Å². The van der Waals surface area contributed by atoms with E-state index in [1.807, 2.05) is 30.5 Å². The molecule has 8 rings (SSSR count). The molecule has 1 aliphatic carbocycles. The molecular weight excluding hydrogens is 646 g/mol. The van der Waals surface area contributed by atoms with Crippen LogP contribution in [0.5, 0.6) is 5.75 Å². The average Bonchev–Trinajstić information content (AvgIpc) is 3.76. The van der Waals surface area contributed by atoms with Crippen molar-refractivity contribution in [2.45, 2.75) is 57.4 Å². The molecule has 5 heterocycles. The van der Waals surface area contributed by atoms with E-state index in [4.69, 9.17) is 9.84 Å². The Morgan fingerprint density at radius 3 is 2.61 bits per heavy atom. The van der Waals surface area contributed by atoms with Crippen molar-refractivity contribution in [3.63, 3.8) is 0 Å². The minimum Gasteiger partial charge on any atom is -0.496 e. The van der Waals surface area contributed by atoms with Gasteiger partial charge in [0.2, 0.25) is 11.8 Å². The number of hydrogen-bond donors (Lipinski definition) is 2. The van der Waals surface area contributed by atoms with Gasteiger partial charge in [0.25, 0.3) is 5.91 Å². The molecule has 51 heavy (non-hydrogen) atoms. The van der Waals surface area contributed by atoms with Crippen LogP contribution in [0.1, 0.15) is 65.9 Å². The molecule has 1 atom stereocenters.